The van der Waals surface area contributed by atoms with E-state index in [0.717, 1.165) is 11.8 Å². The fourth-order valence-corrected chi connectivity index (χ4v) is 3.41. The summed E-state index contributed by atoms with van der Waals surface area (Å²) >= 11 is 0. The quantitative estimate of drug-likeness (QED) is 0.494. The molecular formula is C22H22N4O3S. The maximum atomic E-state index is 12.7. The number of aromatic nitrogens is 3. The van der Waals surface area contributed by atoms with Crippen LogP contribution < -0.4 is 0 Å². The zero-order valence-electron chi connectivity index (χ0n) is 17.2. The topological polar surface area (TPSA) is 97.1 Å². The third kappa shape index (κ3) is 4.63. The number of carbonyl (C=O) groups is 1. The van der Waals surface area contributed by atoms with Crippen molar-refractivity contribution in [1.29, 1.82) is 0 Å². The molecule has 154 valence electrons. The summed E-state index contributed by atoms with van der Waals surface area (Å²) < 4.78 is 23.1. The number of hydrogen-bond donors (Lipinski definition) is 1. The van der Waals surface area contributed by atoms with Crippen LogP contribution in [-0.2, 0) is 16.3 Å². The van der Waals surface area contributed by atoms with Crippen molar-refractivity contribution in [3.63, 3.8) is 0 Å². The lowest BCUT2D eigenvalue weighted by Gasteiger charge is -2.15. The van der Waals surface area contributed by atoms with E-state index in [1.54, 1.807) is 24.5 Å². The Morgan fingerprint density at radius 2 is 1.90 bits per heavy atom. The van der Waals surface area contributed by atoms with E-state index < -0.39 is 15.3 Å². The van der Waals surface area contributed by atoms with Gasteiger partial charge in [0.2, 0.25) is 0 Å². The molecule has 8 heteroatoms. The molecule has 1 aromatic carbocycles. The number of H-pyrrole nitrogens is 1. The highest BCUT2D eigenvalue weighted by atomic mass is 32.2. The third-order valence-electron chi connectivity index (χ3n) is 4.50. The Kier molecular flexibility index (Phi) is 5.59. The molecule has 0 aliphatic carbocycles. The van der Waals surface area contributed by atoms with Gasteiger partial charge in [0.05, 0.1) is 24.0 Å². The average molecular weight is 423 g/mol. The number of nitrogens with one attached hydrogen (secondary N) is 1. The maximum Gasteiger partial charge on any atom is 0.278 e. The summed E-state index contributed by atoms with van der Waals surface area (Å²) in [6.45, 7) is 12.6. The normalized spacial score (nSPS) is 12.7. The van der Waals surface area contributed by atoms with Crippen LogP contribution in [-0.4, -0.2) is 35.4 Å². The van der Waals surface area contributed by atoms with Gasteiger partial charge in [0.25, 0.3) is 5.03 Å². The van der Waals surface area contributed by atoms with Gasteiger partial charge in [-0.05, 0) is 17.2 Å². The second kappa shape index (κ2) is 7.84. The largest absolute Gasteiger partial charge is 0.344 e. The van der Waals surface area contributed by atoms with E-state index in [9.17, 15) is 13.2 Å². The summed E-state index contributed by atoms with van der Waals surface area (Å²) in [5, 5.41) is -0.296. The highest BCUT2D eigenvalue weighted by Crippen LogP contribution is 2.25. The van der Waals surface area contributed by atoms with Crippen molar-refractivity contribution < 1.29 is 13.2 Å². The Hall–Kier alpha value is -3.31. The molecule has 0 atom stereocenters. The van der Waals surface area contributed by atoms with Gasteiger partial charge >= 0.3 is 0 Å². The molecule has 30 heavy (non-hydrogen) atoms. The molecule has 0 saturated heterocycles. The number of nitrogens with zero attached hydrogens (tertiary/aromatic N) is 3. The van der Waals surface area contributed by atoms with Crippen LogP contribution in [0, 0.1) is 12.0 Å². The molecule has 7 nitrogen and oxygen atoms in total. The second-order valence-electron chi connectivity index (χ2n) is 8.12. The molecule has 0 bridgehead atoms. The van der Waals surface area contributed by atoms with Gasteiger partial charge in [0, 0.05) is 24.3 Å². The molecule has 0 fully saturated rings. The molecule has 0 radical (unpaired) electrons. The number of hydrogen-bond acceptors (Lipinski definition) is 5. The third-order valence-corrected chi connectivity index (χ3v) is 5.47. The lowest BCUT2D eigenvalue weighted by Crippen LogP contribution is -2.20. The first-order valence-electron chi connectivity index (χ1n) is 9.25. The van der Waals surface area contributed by atoms with Gasteiger partial charge in [0.15, 0.2) is 21.3 Å². The summed E-state index contributed by atoms with van der Waals surface area (Å²) in [6.07, 6.45) is 6.18. The molecule has 0 spiro atoms. The lowest BCUT2D eigenvalue weighted by atomic mass is 9.87. The molecule has 0 unspecified atom stereocenters. The van der Waals surface area contributed by atoms with Gasteiger partial charge in [-0.25, -0.2) is 23.2 Å². The molecule has 0 amide bonds. The smallest absolute Gasteiger partial charge is 0.278 e. The van der Waals surface area contributed by atoms with E-state index in [0.29, 0.717) is 34.4 Å². The summed E-state index contributed by atoms with van der Waals surface area (Å²) in [5.74, 6) is -0.00201. The van der Waals surface area contributed by atoms with Crippen molar-refractivity contribution >= 4 is 32.9 Å². The summed E-state index contributed by atoms with van der Waals surface area (Å²) in [7, 11) is -3.55. The van der Waals surface area contributed by atoms with Crippen molar-refractivity contribution in [2.45, 2.75) is 27.2 Å². The van der Waals surface area contributed by atoms with Crippen molar-refractivity contribution in [3.05, 3.63) is 75.5 Å². The van der Waals surface area contributed by atoms with Crippen LogP contribution in [0.4, 0.5) is 0 Å². The van der Waals surface area contributed by atoms with Gasteiger partial charge in [-0.2, -0.15) is 0 Å². The molecule has 0 saturated carbocycles. The number of benzene rings is 1. The molecule has 1 N–H and O–H groups in total. The predicted octanol–water partition coefficient (Wildman–Crippen LogP) is 4.04. The van der Waals surface area contributed by atoms with Crippen molar-refractivity contribution in [3.8, 4) is 0 Å². The first kappa shape index (κ1) is 21.4. The maximum absolute atomic E-state index is 12.7. The predicted molar refractivity (Wildman–Crippen MR) is 116 cm³/mol. The number of rotatable bonds is 5. The minimum Gasteiger partial charge on any atom is -0.344 e. The Morgan fingerprint density at radius 1 is 1.23 bits per heavy atom. The van der Waals surface area contributed by atoms with Crippen LogP contribution in [0.3, 0.4) is 0 Å². The van der Waals surface area contributed by atoms with Crippen molar-refractivity contribution in [1.82, 2.24) is 15.0 Å². The molecule has 2 aromatic heterocycles. The average Bonchev–Trinajstić information content (AvgIpc) is 3.08. The molecule has 0 aliphatic heterocycles. The Bertz CT molecular complexity index is 1290. The number of sulfone groups is 1. The minimum atomic E-state index is -3.55. The zero-order chi connectivity index (χ0) is 22.1. The van der Waals surface area contributed by atoms with Crippen molar-refractivity contribution in [2.24, 2.45) is 5.41 Å². The standard InChI is InChI=1S/C22H22N4O3S/c1-22(2,3)20(27)17-13-25-21-19(17)26-16(12-24-21)10-14-6-8-15(9-7-14)11-18(23-4)30(5,28)29/h6-9,11-13H,10H2,1-3,5H3,(H,24,25). The molecule has 2 heterocycles. The van der Waals surface area contributed by atoms with E-state index in [2.05, 4.69) is 19.8 Å². The van der Waals surface area contributed by atoms with E-state index >= 15 is 0 Å². The van der Waals surface area contributed by atoms with Crippen LogP contribution in [0.25, 0.3) is 22.1 Å². The number of aromatic amines is 1. The van der Waals surface area contributed by atoms with E-state index in [1.165, 1.54) is 6.08 Å². The number of fused-ring (bicyclic) bond motifs is 1. The fraction of sp³-hybridized carbons (Fsp3) is 0.273. The van der Waals surface area contributed by atoms with E-state index in [4.69, 9.17) is 6.57 Å². The first-order chi connectivity index (χ1) is 14.0. The number of Topliss-reactive ketones (excluding diaryl/α,β-unsaturated/α-hetero) is 1. The number of carbonyl (C=O) groups excluding carboxylic acids is 1. The van der Waals surface area contributed by atoms with Gasteiger partial charge < -0.3 is 4.98 Å². The lowest BCUT2D eigenvalue weighted by molar-refractivity contribution is 0.0860. The highest BCUT2D eigenvalue weighted by Gasteiger charge is 2.26. The first-order valence-corrected chi connectivity index (χ1v) is 11.1. The highest BCUT2D eigenvalue weighted by molar-refractivity contribution is 7.94. The van der Waals surface area contributed by atoms with Crippen LogP contribution in [0.5, 0.6) is 0 Å². The fourth-order valence-electron chi connectivity index (χ4n) is 2.90. The summed E-state index contributed by atoms with van der Waals surface area (Å²) in [5.41, 5.74) is 3.42. The summed E-state index contributed by atoms with van der Waals surface area (Å²) in [4.78, 5) is 27.8. The number of ketones is 1. The van der Waals surface area contributed by atoms with Gasteiger partial charge in [0.1, 0.15) is 5.52 Å². The molecular weight excluding hydrogens is 400 g/mol. The van der Waals surface area contributed by atoms with Crippen LogP contribution in [0.1, 0.15) is 48.0 Å². The molecule has 3 rings (SSSR count). The Balaban J connectivity index is 1.87. The van der Waals surface area contributed by atoms with Crippen LogP contribution in [0.2, 0.25) is 0 Å². The Labute approximate surface area is 175 Å². The molecule has 3 aromatic rings. The van der Waals surface area contributed by atoms with Crippen LogP contribution in [0.15, 0.2) is 41.7 Å². The van der Waals surface area contributed by atoms with Gasteiger partial charge in [-0.1, -0.05) is 45.0 Å². The van der Waals surface area contributed by atoms with E-state index in [-0.39, 0.29) is 10.8 Å². The Morgan fingerprint density at radius 3 is 2.47 bits per heavy atom. The van der Waals surface area contributed by atoms with Gasteiger partial charge in [-0.15, -0.1) is 0 Å². The zero-order valence-corrected chi connectivity index (χ0v) is 18.0. The van der Waals surface area contributed by atoms with Crippen molar-refractivity contribution in [2.75, 3.05) is 6.26 Å². The SMILES string of the molecule is [C-]#[N+]C(=Cc1ccc(Cc2cnc3[nH]cc(C(=O)C(C)(C)C)c3n2)cc1)S(C)(=O)=O. The van der Waals surface area contributed by atoms with E-state index in [1.807, 2.05) is 32.9 Å². The van der Waals surface area contributed by atoms with Crippen LogP contribution >= 0.6 is 0 Å². The minimum absolute atomic E-state index is 0.00201. The second-order valence-corrected chi connectivity index (χ2v) is 10.1. The summed E-state index contributed by atoms with van der Waals surface area (Å²) in [6, 6.07) is 7.20. The van der Waals surface area contributed by atoms with Gasteiger partial charge in [-0.3, -0.25) is 4.79 Å². The monoisotopic (exact) mass is 422 g/mol. The molecule has 0 aliphatic rings.